The molecule has 1 N–H and O–H groups in total. The molecule has 1 aromatic carbocycles. The van der Waals surface area contributed by atoms with Gasteiger partial charge in [-0.25, -0.2) is 0 Å². The van der Waals surface area contributed by atoms with Crippen molar-refractivity contribution in [3.63, 3.8) is 0 Å². The summed E-state index contributed by atoms with van der Waals surface area (Å²) in [5.74, 6) is 0. The molecule has 0 fully saturated rings. The van der Waals surface area contributed by atoms with Gasteiger partial charge in [0.25, 0.3) is 20.1 Å². The minimum absolute atomic E-state index is 0.124. The van der Waals surface area contributed by atoms with Gasteiger partial charge in [-0.3, -0.25) is 4.55 Å². The van der Waals surface area contributed by atoms with Gasteiger partial charge in [-0.05, 0) is 44.7 Å². The van der Waals surface area contributed by atoms with Gasteiger partial charge in [0.1, 0.15) is 0 Å². The molecule has 0 bridgehead atoms. The number of hydrogen-bond donors (Lipinski definition) is 1. The van der Waals surface area contributed by atoms with E-state index in [2.05, 4.69) is 4.40 Å². The maximum Gasteiger partial charge on any atom is 0.281 e. The first-order valence-electron chi connectivity index (χ1n) is 6.98. The quantitative estimate of drug-likeness (QED) is 0.442. The number of nitrogens with zero attached hydrogens (tertiary/aromatic N) is 1. The SMILES string of the molecule is CCC(CCCC=NS(=O)(=O)c1ccc(C)cc1)S(=O)(=O)O. The van der Waals surface area contributed by atoms with Crippen LogP contribution in [0.25, 0.3) is 0 Å². The van der Waals surface area contributed by atoms with Crippen LogP contribution >= 0.6 is 0 Å². The highest BCUT2D eigenvalue weighted by molar-refractivity contribution is 7.90. The number of unbranched alkanes of at least 4 members (excludes halogenated alkanes) is 1. The monoisotopic (exact) mass is 347 g/mol. The van der Waals surface area contributed by atoms with E-state index in [0.29, 0.717) is 19.3 Å². The third-order valence-corrected chi connectivity index (χ3v) is 5.97. The maximum atomic E-state index is 11.9. The Labute approximate surface area is 132 Å². The number of hydrogen-bond acceptors (Lipinski definition) is 4. The van der Waals surface area contributed by atoms with Crippen molar-refractivity contribution in [3.05, 3.63) is 29.8 Å². The van der Waals surface area contributed by atoms with Crippen LogP contribution in [-0.4, -0.2) is 32.9 Å². The van der Waals surface area contributed by atoms with Crippen LogP contribution in [0.15, 0.2) is 33.6 Å². The van der Waals surface area contributed by atoms with Crippen molar-refractivity contribution >= 4 is 26.4 Å². The highest BCUT2D eigenvalue weighted by Gasteiger charge is 2.19. The summed E-state index contributed by atoms with van der Waals surface area (Å²) in [6.07, 6.45) is 2.62. The van der Waals surface area contributed by atoms with Gasteiger partial charge in [-0.15, -0.1) is 0 Å². The van der Waals surface area contributed by atoms with E-state index in [9.17, 15) is 16.8 Å². The molecule has 0 aliphatic heterocycles. The standard InChI is InChI=1S/C14H21NO5S2/c1-3-13(22(18,19)20)6-4-5-11-15-21(16,17)14-9-7-12(2)8-10-14/h7-11,13H,3-6H2,1-2H3,(H,18,19,20). The minimum atomic E-state index is -4.04. The van der Waals surface area contributed by atoms with Crippen molar-refractivity contribution in [1.29, 1.82) is 0 Å². The fraction of sp³-hybridized carbons (Fsp3) is 0.500. The van der Waals surface area contributed by atoms with Gasteiger partial charge in [0, 0.05) is 6.21 Å². The molecule has 0 aliphatic rings. The first-order chi connectivity index (χ1) is 10.2. The van der Waals surface area contributed by atoms with E-state index in [1.807, 2.05) is 6.92 Å². The molecule has 6 nitrogen and oxygen atoms in total. The molecule has 8 heteroatoms. The average molecular weight is 347 g/mol. The summed E-state index contributed by atoms with van der Waals surface area (Å²) in [5.41, 5.74) is 0.957. The second-order valence-electron chi connectivity index (χ2n) is 5.05. The van der Waals surface area contributed by atoms with Gasteiger partial charge in [0.15, 0.2) is 0 Å². The van der Waals surface area contributed by atoms with E-state index in [0.717, 1.165) is 5.56 Å². The molecule has 0 aliphatic carbocycles. The highest BCUT2D eigenvalue weighted by atomic mass is 32.2. The Morgan fingerprint density at radius 3 is 2.27 bits per heavy atom. The number of benzene rings is 1. The summed E-state index contributed by atoms with van der Waals surface area (Å²) < 4.78 is 58.4. The molecule has 1 unspecified atom stereocenters. The molecule has 1 atom stereocenters. The van der Waals surface area contributed by atoms with Gasteiger partial charge in [0.2, 0.25) is 0 Å². The van der Waals surface area contributed by atoms with E-state index < -0.39 is 25.4 Å². The zero-order valence-electron chi connectivity index (χ0n) is 12.6. The van der Waals surface area contributed by atoms with Crippen molar-refractivity contribution in [2.45, 2.75) is 49.7 Å². The molecule has 1 rings (SSSR count). The van der Waals surface area contributed by atoms with Crippen LogP contribution in [0, 0.1) is 6.92 Å². The Balaban J connectivity index is 2.57. The van der Waals surface area contributed by atoms with Crippen LogP contribution in [0.1, 0.15) is 38.2 Å². The fourth-order valence-electron chi connectivity index (χ4n) is 1.92. The lowest BCUT2D eigenvalue weighted by Gasteiger charge is -2.09. The normalized spacial score (nSPS) is 14.3. The molecule has 0 spiro atoms. The predicted molar refractivity (Wildman–Crippen MR) is 86.3 cm³/mol. The first-order valence-corrected chi connectivity index (χ1v) is 9.93. The van der Waals surface area contributed by atoms with Crippen LogP contribution in [-0.2, 0) is 20.1 Å². The molecule has 0 amide bonds. The van der Waals surface area contributed by atoms with Crippen LogP contribution in [0.2, 0.25) is 0 Å². The first kappa shape index (κ1) is 18.8. The smallest absolute Gasteiger partial charge is 0.281 e. The van der Waals surface area contributed by atoms with Crippen LogP contribution in [0.3, 0.4) is 0 Å². The van der Waals surface area contributed by atoms with E-state index in [1.165, 1.54) is 18.3 Å². The molecule has 124 valence electrons. The Morgan fingerprint density at radius 1 is 1.18 bits per heavy atom. The summed E-state index contributed by atoms with van der Waals surface area (Å²) in [4.78, 5) is 0.124. The lowest BCUT2D eigenvalue weighted by molar-refractivity contribution is 0.457. The van der Waals surface area contributed by atoms with Crippen molar-refractivity contribution in [2.75, 3.05) is 0 Å². The molecule has 0 saturated heterocycles. The van der Waals surface area contributed by atoms with Crippen molar-refractivity contribution in [3.8, 4) is 0 Å². The Bertz CT molecular complexity index is 706. The van der Waals surface area contributed by atoms with E-state index in [-0.39, 0.29) is 11.3 Å². The molecule has 0 radical (unpaired) electrons. The lowest BCUT2D eigenvalue weighted by Crippen LogP contribution is -2.19. The van der Waals surface area contributed by atoms with Crippen LogP contribution in [0.4, 0.5) is 0 Å². The van der Waals surface area contributed by atoms with E-state index in [4.69, 9.17) is 4.55 Å². The third-order valence-electron chi connectivity index (χ3n) is 3.27. The number of aryl methyl sites for hydroxylation is 1. The fourth-order valence-corrected chi connectivity index (χ4v) is 3.71. The van der Waals surface area contributed by atoms with Crippen LogP contribution < -0.4 is 0 Å². The molecule has 0 heterocycles. The second kappa shape index (κ2) is 7.85. The Hall–Kier alpha value is -1.25. The summed E-state index contributed by atoms with van der Waals surface area (Å²) in [5, 5.41) is -0.811. The maximum absolute atomic E-state index is 11.9. The zero-order valence-corrected chi connectivity index (χ0v) is 14.3. The molecule has 22 heavy (non-hydrogen) atoms. The molecule has 1 aromatic rings. The van der Waals surface area contributed by atoms with Gasteiger partial charge < -0.3 is 0 Å². The Kier molecular flexibility index (Phi) is 6.70. The molecule has 0 aromatic heterocycles. The number of sulfonamides is 1. The van der Waals surface area contributed by atoms with Gasteiger partial charge in [-0.1, -0.05) is 24.6 Å². The molecule has 0 saturated carbocycles. The minimum Gasteiger partial charge on any atom is -0.285 e. The molecular weight excluding hydrogens is 326 g/mol. The van der Waals surface area contributed by atoms with Crippen molar-refractivity contribution in [1.82, 2.24) is 0 Å². The van der Waals surface area contributed by atoms with Gasteiger partial charge in [0.05, 0.1) is 10.1 Å². The van der Waals surface area contributed by atoms with E-state index in [1.54, 1.807) is 19.1 Å². The summed E-state index contributed by atoms with van der Waals surface area (Å²) in [6, 6.07) is 6.38. The Morgan fingerprint density at radius 2 is 1.77 bits per heavy atom. The number of rotatable bonds is 8. The third kappa shape index (κ3) is 5.86. The molecular formula is C14H21NO5S2. The topological polar surface area (TPSA) is 101 Å². The van der Waals surface area contributed by atoms with Crippen LogP contribution in [0.5, 0.6) is 0 Å². The lowest BCUT2D eigenvalue weighted by atomic mass is 10.1. The predicted octanol–water partition coefficient (Wildman–Crippen LogP) is 2.59. The highest BCUT2D eigenvalue weighted by Crippen LogP contribution is 2.14. The van der Waals surface area contributed by atoms with Crippen molar-refractivity contribution < 1.29 is 21.4 Å². The second-order valence-corrected chi connectivity index (χ2v) is 8.38. The van der Waals surface area contributed by atoms with Gasteiger partial charge >= 0.3 is 0 Å². The largest absolute Gasteiger partial charge is 0.285 e. The average Bonchev–Trinajstić information content (AvgIpc) is 2.41. The summed E-state index contributed by atoms with van der Waals surface area (Å²) >= 11 is 0. The van der Waals surface area contributed by atoms with E-state index >= 15 is 0 Å². The summed E-state index contributed by atoms with van der Waals surface area (Å²) in [6.45, 7) is 3.54. The van der Waals surface area contributed by atoms with Crippen molar-refractivity contribution in [2.24, 2.45) is 4.40 Å². The van der Waals surface area contributed by atoms with Gasteiger partial charge in [-0.2, -0.15) is 21.2 Å². The zero-order chi connectivity index (χ0) is 16.8. The summed E-state index contributed by atoms with van der Waals surface area (Å²) in [7, 11) is -7.75.